The highest BCUT2D eigenvalue weighted by atomic mass is 35.5. The zero-order valence-electron chi connectivity index (χ0n) is 23.9. The van der Waals surface area contributed by atoms with Crippen LogP contribution in [0.2, 0.25) is 5.02 Å². The molecule has 0 amide bonds. The minimum atomic E-state index is -0.792. The van der Waals surface area contributed by atoms with Gasteiger partial charge in [-0.3, -0.25) is 9.36 Å². The number of rotatable bonds is 7. The molecule has 0 fully saturated rings. The Kier molecular flexibility index (Phi) is 8.02. The van der Waals surface area contributed by atoms with Crippen molar-refractivity contribution in [3.63, 3.8) is 0 Å². The molecule has 1 aliphatic rings. The van der Waals surface area contributed by atoms with Gasteiger partial charge < -0.3 is 9.47 Å². The first-order chi connectivity index (χ1) is 20.8. The van der Waals surface area contributed by atoms with E-state index in [1.54, 1.807) is 31.4 Å². The summed E-state index contributed by atoms with van der Waals surface area (Å²) in [4.78, 5) is 32.8. The molecule has 0 spiro atoms. The Bertz CT molecular complexity index is 2060. The molecule has 0 N–H and O–H groups in total. The predicted molar refractivity (Wildman–Crippen MR) is 171 cm³/mol. The molecule has 0 bridgehead atoms. The molecule has 216 valence electrons. The molecule has 1 unspecified atom stereocenters. The first-order valence-corrected chi connectivity index (χ1v) is 15.2. The van der Waals surface area contributed by atoms with Gasteiger partial charge in [-0.15, -0.1) is 0 Å². The molecule has 1 aromatic heterocycles. The molecule has 0 aliphatic carbocycles. The van der Waals surface area contributed by atoms with Crippen LogP contribution in [0.3, 0.4) is 0 Å². The van der Waals surface area contributed by atoms with Gasteiger partial charge in [0, 0.05) is 10.6 Å². The van der Waals surface area contributed by atoms with Gasteiger partial charge in [0.25, 0.3) is 5.56 Å². The van der Waals surface area contributed by atoms with Crippen LogP contribution in [0.5, 0.6) is 5.75 Å². The van der Waals surface area contributed by atoms with Crippen LogP contribution in [0.25, 0.3) is 16.8 Å². The Morgan fingerprint density at radius 2 is 1.72 bits per heavy atom. The number of halogens is 1. The number of carbonyl (C=O) groups is 1. The fourth-order valence-electron chi connectivity index (χ4n) is 5.27. The van der Waals surface area contributed by atoms with E-state index < -0.39 is 12.0 Å². The molecule has 5 aromatic rings. The molecule has 2 heterocycles. The highest BCUT2D eigenvalue weighted by molar-refractivity contribution is 7.07. The lowest BCUT2D eigenvalue weighted by molar-refractivity contribution is -0.143. The normalized spacial score (nSPS) is 15.0. The number of aromatic nitrogens is 1. The Morgan fingerprint density at radius 3 is 2.49 bits per heavy atom. The summed E-state index contributed by atoms with van der Waals surface area (Å²) in [6.45, 7) is 5.72. The van der Waals surface area contributed by atoms with Gasteiger partial charge in [0.2, 0.25) is 0 Å². The molecule has 0 saturated heterocycles. The minimum Gasteiger partial charge on any atom is -0.488 e. The van der Waals surface area contributed by atoms with Crippen molar-refractivity contribution in [1.29, 1.82) is 0 Å². The lowest BCUT2D eigenvalue weighted by Crippen LogP contribution is -2.40. The van der Waals surface area contributed by atoms with Gasteiger partial charge in [0.1, 0.15) is 18.4 Å². The number of thiazole rings is 1. The average Bonchev–Trinajstić information content (AvgIpc) is 3.30. The number of carbonyl (C=O) groups excluding carboxylic acids is 1. The van der Waals surface area contributed by atoms with Gasteiger partial charge in [-0.05, 0) is 60.9 Å². The van der Waals surface area contributed by atoms with Gasteiger partial charge in [-0.1, -0.05) is 102 Å². The van der Waals surface area contributed by atoms with E-state index in [9.17, 15) is 9.59 Å². The van der Waals surface area contributed by atoms with Crippen LogP contribution >= 0.6 is 22.9 Å². The molecule has 0 saturated carbocycles. The van der Waals surface area contributed by atoms with Crippen LogP contribution in [-0.2, 0) is 16.1 Å². The summed E-state index contributed by atoms with van der Waals surface area (Å²) < 4.78 is 13.9. The number of fused-ring (bicyclic) bond motifs is 2. The molecule has 8 heteroatoms. The molecule has 1 aliphatic heterocycles. The van der Waals surface area contributed by atoms with Crippen molar-refractivity contribution in [2.24, 2.45) is 4.99 Å². The molecule has 6 rings (SSSR count). The first-order valence-electron chi connectivity index (χ1n) is 14.0. The molecule has 6 nitrogen and oxygen atoms in total. The van der Waals surface area contributed by atoms with Crippen molar-refractivity contribution in [3.05, 3.63) is 144 Å². The van der Waals surface area contributed by atoms with Crippen LogP contribution < -0.4 is 19.6 Å². The fourth-order valence-corrected chi connectivity index (χ4v) is 6.54. The van der Waals surface area contributed by atoms with Crippen molar-refractivity contribution in [2.45, 2.75) is 39.5 Å². The third-order valence-electron chi connectivity index (χ3n) is 7.23. The number of allylic oxidation sites excluding steroid dienone is 1. The van der Waals surface area contributed by atoms with Crippen LogP contribution in [0, 0.1) is 0 Å². The highest BCUT2D eigenvalue weighted by Crippen LogP contribution is 2.35. The van der Waals surface area contributed by atoms with Crippen LogP contribution in [-0.4, -0.2) is 16.6 Å². The second-order valence-electron chi connectivity index (χ2n) is 10.5. The lowest BCUT2D eigenvalue weighted by Gasteiger charge is -2.26. The summed E-state index contributed by atoms with van der Waals surface area (Å²) in [7, 11) is 0. The monoisotopic (exact) mass is 608 g/mol. The van der Waals surface area contributed by atoms with Crippen molar-refractivity contribution in [2.75, 3.05) is 0 Å². The summed E-state index contributed by atoms with van der Waals surface area (Å²) in [6, 6.07) is 28.3. The number of nitrogens with zero attached hydrogens (tertiary/aromatic N) is 2. The summed E-state index contributed by atoms with van der Waals surface area (Å²) in [5.41, 5.74) is 2.95. The molecular weight excluding hydrogens is 580 g/mol. The predicted octanol–water partition coefficient (Wildman–Crippen LogP) is 6.57. The van der Waals surface area contributed by atoms with E-state index in [1.807, 2.05) is 91.0 Å². The van der Waals surface area contributed by atoms with Crippen LogP contribution in [0.1, 0.15) is 43.5 Å². The maximum absolute atomic E-state index is 14.3. The largest absolute Gasteiger partial charge is 0.488 e. The van der Waals surface area contributed by atoms with Gasteiger partial charge in [0.05, 0.1) is 21.9 Å². The van der Waals surface area contributed by atoms with E-state index in [-0.39, 0.29) is 17.2 Å². The second kappa shape index (κ2) is 12.0. The lowest BCUT2D eigenvalue weighted by atomic mass is 9.96. The molecule has 43 heavy (non-hydrogen) atoms. The van der Waals surface area contributed by atoms with Crippen molar-refractivity contribution >= 4 is 45.8 Å². The van der Waals surface area contributed by atoms with E-state index in [1.165, 1.54) is 11.3 Å². The standard InChI is InChI=1S/C35H29ClN2O4S/c1-21(2)42-34(40)31-22(3)37-35-38(32(31)26-15-9-10-16-28(26)36)33(39)30(43-35)19-27-25-14-8-7-13-24(25)17-18-29(27)41-20-23-11-5-4-6-12-23/h4-19,21,32H,20H2,1-3H3. The second-order valence-corrected chi connectivity index (χ2v) is 11.9. The molecular formula is C35H29ClN2O4S. The Morgan fingerprint density at radius 1 is 1.00 bits per heavy atom. The number of hydrogen-bond acceptors (Lipinski definition) is 6. The fraction of sp³-hybridized carbons (Fsp3) is 0.171. The van der Waals surface area contributed by atoms with Gasteiger partial charge >= 0.3 is 5.97 Å². The summed E-state index contributed by atoms with van der Waals surface area (Å²) >= 11 is 7.93. The summed E-state index contributed by atoms with van der Waals surface area (Å²) in [5, 5.41) is 2.42. The van der Waals surface area contributed by atoms with Crippen molar-refractivity contribution < 1.29 is 14.3 Å². The smallest absolute Gasteiger partial charge is 0.338 e. The number of esters is 1. The third-order valence-corrected chi connectivity index (χ3v) is 8.55. The minimum absolute atomic E-state index is 0.280. The first kappa shape index (κ1) is 28.6. The van der Waals surface area contributed by atoms with E-state index in [0.29, 0.717) is 38.0 Å². The summed E-state index contributed by atoms with van der Waals surface area (Å²) in [6.07, 6.45) is 1.52. The number of hydrogen-bond donors (Lipinski definition) is 0. The van der Waals surface area contributed by atoms with Gasteiger partial charge in [0.15, 0.2) is 4.80 Å². The maximum Gasteiger partial charge on any atom is 0.338 e. The van der Waals surface area contributed by atoms with E-state index in [0.717, 1.165) is 21.9 Å². The van der Waals surface area contributed by atoms with E-state index in [4.69, 9.17) is 26.1 Å². The Hall–Kier alpha value is -4.46. The van der Waals surface area contributed by atoms with Crippen molar-refractivity contribution in [3.8, 4) is 5.75 Å². The van der Waals surface area contributed by atoms with Crippen molar-refractivity contribution in [1.82, 2.24) is 4.57 Å². The zero-order valence-corrected chi connectivity index (χ0v) is 25.5. The average molecular weight is 609 g/mol. The zero-order chi connectivity index (χ0) is 30.1. The molecule has 0 radical (unpaired) electrons. The van der Waals surface area contributed by atoms with E-state index >= 15 is 0 Å². The summed E-state index contributed by atoms with van der Waals surface area (Å²) in [5.74, 6) is 0.134. The maximum atomic E-state index is 14.3. The molecule has 1 atom stereocenters. The molecule has 4 aromatic carbocycles. The van der Waals surface area contributed by atoms with Gasteiger partial charge in [-0.25, -0.2) is 9.79 Å². The number of ether oxygens (including phenoxy) is 2. The van der Waals surface area contributed by atoms with E-state index in [2.05, 4.69) is 0 Å². The SMILES string of the molecule is CC1=C(C(=O)OC(C)C)C(c2ccccc2Cl)n2c(sc(=Cc3c(OCc4ccccc4)ccc4ccccc34)c2=O)=N1. The van der Waals surface area contributed by atoms with Crippen LogP contribution in [0.15, 0.2) is 112 Å². The topological polar surface area (TPSA) is 69.9 Å². The Balaban J connectivity index is 1.54. The van der Waals surface area contributed by atoms with Crippen LogP contribution in [0.4, 0.5) is 0 Å². The van der Waals surface area contributed by atoms with Gasteiger partial charge in [-0.2, -0.15) is 0 Å². The number of benzene rings is 4. The highest BCUT2D eigenvalue weighted by Gasteiger charge is 2.34. The third kappa shape index (κ3) is 5.66. The Labute approximate surface area is 257 Å². The quantitative estimate of drug-likeness (QED) is 0.196.